The molecule has 78 valence electrons. The lowest BCUT2D eigenvalue weighted by atomic mass is 10.0. The Hall–Kier alpha value is -1.19. The zero-order valence-corrected chi connectivity index (χ0v) is 9.37. The van der Waals surface area contributed by atoms with Gasteiger partial charge >= 0.3 is 0 Å². The Bertz CT molecular complexity index is 425. The van der Waals surface area contributed by atoms with Crippen LogP contribution in [0, 0.1) is 6.92 Å². The molecular formula is C12H13NOS. The molecule has 0 saturated heterocycles. The van der Waals surface area contributed by atoms with E-state index in [-0.39, 0.29) is 0 Å². The summed E-state index contributed by atoms with van der Waals surface area (Å²) >= 11 is 1.51. The summed E-state index contributed by atoms with van der Waals surface area (Å²) in [5, 5.41) is 11.8. The molecule has 2 nitrogen and oxygen atoms in total. The summed E-state index contributed by atoms with van der Waals surface area (Å²) < 4.78 is 0. The van der Waals surface area contributed by atoms with Gasteiger partial charge in [0, 0.05) is 11.8 Å². The van der Waals surface area contributed by atoms with E-state index < -0.39 is 6.10 Å². The predicted molar refractivity (Wildman–Crippen MR) is 62.0 cm³/mol. The third-order valence-electron chi connectivity index (χ3n) is 2.47. The van der Waals surface area contributed by atoms with Crippen molar-refractivity contribution in [3.8, 4) is 0 Å². The maximum absolute atomic E-state index is 9.93. The molecule has 2 rings (SSSR count). The summed E-state index contributed by atoms with van der Waals surface area (Å²) in [6, 6.07) is 8.11. The van der Waals surface area contributed by atoms with E-state index in [0.29, 0.717) is 6.42 Å². The minimum atomic E-state index is -0.489. The van der Waals surface area contributed by atoms with Crippen LogP contribution in [0.2, 0.25) is 0 Å². The van der Waals surface area contributed by atoms with Gasteiger partial charge in [0.1, 0.15) is 6.10 Å². The standard InChI is InChI=1S/C12H13NOS/c1-9-4-2-3-5-10(9)6-12(14)11-7-15-8-13-11/h2-5,7-8,12,14H,6H2,1H3. The van der Waals surface area contributed by atoms with Crippen molar-refractivity contribution in [1.82, 2.24) is 4.98 Å². The van der Waals surface area contributed by atoms with Gasteiger partial charge in [-0.25, -0.2) is 4.98 Å². The van der Waals surface area contributed by atoms with E-state index in [1.807, 2.05) is 23.6 Å². The molecule has 15 heavy (non-hydrogen) atoms. The molecule has 0 fully saturated rings. The Labute approximate surface area is 93.2 Å². The third kappa shape index (κ3) is 2.43. The average Bonchev–Trinajstić information content (AvgIpc) is 2.74. The Morgan fingerprint density at radius 3 is 2.87 bits per heavy atom. The highest BCUT2D eigenvalue weighted by Gasteiger charge is 2.11. The maximum Gasteiger partial charge on any atom is 0.101 e. The highest BCUT2D eigenvalue weighted by atomic mass is 32.1. The monoisotopic (exact) mass is 219 g/mol. The molecule has 1 aromatic carbocycles. The molecule has 0 aliphatic carbocycles. The van der Waals surface area contributed by atoms with Crippen molar-refractivity contribution in [2.45, 2.75) is 19.4 Å². The lowest BCUT2D eigenvalue weighted by Gasteiger charge is -2.09. The number of aliphatic hydroxyl groups is 1. The molecule has 1 unspecified atom stereocenters. The zero-order valence-electron chi connectivity index (χ0n) is 8.55. The Kier molecular flexibility index (Phi) is 3.14. The molecule has 0 amide bonds. The van der Waals surface area contributed by atoms with Crippen molar-refractivity contribution >= 4 is 11.3 Å². The van der Waals surface area contributed by atoms with Gasteiger partial charge in [-0.1, -0.05) is 24.3 Å². The molecule has 1 N–H and O–H groups in total. The molecule has 3 heteroatoms. The first-order chi connectivity index (χ1) is 7.27. The molecule has 0 radical (unpaired) electrons. The quantitative estimate of drug-likeness (QED) is 0.861. The lowest BCUT2D eigenvalue weighted by Crippen LogP contribution is -2.03. The van der Waals surface area contributed by atoms with Crippen LogP contribution >= 0.6 is 11.3 Å². The maximum atomic E-state index is 9.93. The van der Waals surface area contributed by atoms with Gasteiger partial charge in [-0.2, -0.15) is 0 Å². The number of thiazole rings is 1. The van der Waals surface area contributed by atoms with Gasteiger partial charge in [0.05, 0.1) is 11.2 Å². The number of aryl methyl sites for hydroxylation is 1. The minimum absolute atomic E-state index is 0.489. The molecule has 0 bridgehead atoms. The highest BCUT2D eigenvalue weighted by Crippen LogP contribution is 2.19. The van der Waals surface area contributed by atoms with Crippen LogP contribution in [0.25, 0.3) is 0 Å². The molecule has 0 saturated carbocycles. The smallest absolute Gasteiger partial charge is 0.101 e. The van der Waals surface area contributed by atoms with E-state index in [1.165, 1.54) is 22.5 Å². The molecule has 1 atom stereocenters. The molecule has 0 spiro atoms. The van der Waals surface area contributed by atoms with Crippen LogP contribution in [-0.2, 0) is 6.42 Å². The second kappa shape index (κ2) is 4.55. The summed E-state index contributed by atoms with van der Waals surface area (Å²) in [4.78, 5) is 4.11. The SMILES string of the molecule is Cc1ccccc1CC(O)c1cscn1. The number of benzene rings is 1. The largest absolute Gasteiger partial charge is 0.386 e. The van der Waals surface area contributed by atoms with Crippen molar-refractivity contribution in [2.75, 3.05) is 0 Å². The van der Waals surface area contributed by atoms with E-state index in [9.17, 15) is 5.11 Å². The predicted octanol–water partition coefficient (Wildman–Crippen LogP) is 2.73. The second-order valence-electron chi connectivity index (χ2n) is 3.56. The summed E-state index contributed by atoms with van der Waals surface area (Å²) in [7, 11) is 0. The first-order valence-corrected chi connectivity index (χ1v) is 5.82. The Morgan fingerprint density at radius 1 is 1.40 bits per heavy atom. The van der Waals surface area contributed by atoms with Crippen molar-refractivity contribution in [2.24, 2.45) is 0 Å². The van der Waals surface area contributed by atoms with Crippen LogP contribution in [0.15, 0.2) is 35.2 Å². The first-order valence-electron chi connectivity index (χ1n) is 4.88. The van der Waals surface area contributed by atoms with Crippen LogP contribution in [0.3, 0.4) is 0 Å². The average molecular weight is 219 g/mol. The number of hydrogen-bond acceptors (Lipinski definition) is 3. The minimum Gasteiger partial charge on any atom is -0.386 e. The van der Waals surface area contributed by atoms with Crippen molar-refractivity contribution < 1.29 is 5.11 Å². The number of aliphatic hydroxyl groups excluding tert-OH is 1. The number of nitrogens with zero attached hydrogens (tertiary/aromatic N) is 1. The van der Waals surface area contributed by atoms with Gasteiger partial charge in [0.2, 0.25) is 0 Å². The summed E-state index contributed by atoms with van der Waals surface area (Å²) in [6.45, 7) is 2.06. The van der Waals surface area contributed by atoms with E-state index in [2.05, 4.69) is 18.0 Å². The lowest BCUT2D eigenvalue weighted by molar-refractivity contribution is 0.174. The normalized spacial score (nSPS) is 12.7. The fourth-order valence-electron chi connectivity index (χ4n) is 1.54. The number of aromatic nitrogens is 1. The Balaban J connectivity index is 2.13. The molecule has 1 heterocycles. The summed E-state index contributed by atoms with van der Waals surface area (Å²) in [5.41, 5.74) is 4.91. The van der Waals surface area contributed by atoms with E-state index in [0.717, 1.165) is 5.69 Å². The first kappa shape index (κ1) is 10.3. The van der Waals surface area contributed by atoms with Crippen LogP contribution in [0.1, 0.15) is 22.9 Å². The van der Waals surface area contributed by atoms with E-state index in [4.69, 9.17) is 0 Å². The molecule has 2 aromatic rings. The highest BCUT2D eigenvalue weighted by molar-refractivity contribution is 7.07. The van der Waals surface area contributed by atoms with Gasteiger partial charge in [0.25, 0.3) is 0 Å². The molecule has 0 aliphatic rings. The fourth-order valence-corrected chi connectivity index (χ4v) is 2.14. The van der Waals surface area contributed by atoms with Gasteiger partial charge in [0.15, 0.2) is 0 Å². The van der Waals surface area contributed by atoms with Crippen LogP contribution in [-0.4, -0.2) is 10.1 Å². The Morgan fingerprint density at radius 2 is 2.20 bits per heavy atom. The summed E-state index contributed by atoms with van der Waals surface area (Å²) in [6.07, 6.45) is 0.147. The van der Waals surface area contributed by atoms with Crippen molar-refractivity contribution in [3.63, 3.8) is 0 Å². The molecule has 1 aromatic heterocycles. The number of rotatable bonds is 3. The third-order valence-corrected chi connectivity index (χ3v) is 3.07. The van der Waals surface area contributed by atoms with Gasteiger partial charge in [-0.3, -0.25) is 0 Å². The van der Waals surface area contributed by atoms with Gasteiger partial charge < -0.3 is 5.11 Å². The van der Waals surface area contributed by atoms with Crippen LogP contribution in [0.5, 0.6) is 0 Å². The zero-order chi connectivity index (χ0) is 10.7. The van der Waals surface area contributed by atoms with Crippen LogP contribution < -0.4 is 0 Å². The van der Waals surface area contributed by atoms with Gasteiger partial charge in [-0.05, 0) is 18.1 Å². The van der Waals surface area contributed by atoms with Crippen molar-refractivity contribution in [3.05, 3.63) is 52.0 Å². The number of hydrogen-bond donors (Lipinski definition) is 1. The summed E-state index contributed by atoms with van der Waals surface area (Å²) in [5.74, 6) is 0. The molecular weight excluding hydrogens is 206 g/mol. The fraction of sp³-hybridized carbons (Fsp3) is 0.250. The van der Waals surface area contributed by atoms with Gasteiger partial charge in [-0.15, -0.1) is 11.3 Å². The topological polar surface area (TPSA) is 33.1 Å². The second-order valence-corrected chi connectivity index (χ2v) is 4.28. The van der Waals surface area contributed by atoms with E-state index >= 15 is 0 Å². The van der Waals surface area contributed by atoms with Crippen LogP contribution in [0.4, 0.5) is 0 Å². The van der Waals surface area contributed by atoms with E-state index in [1.54, 1.807) is 5.51 Å². The molecule has 0 aliphatic heterocycles. The van der Waals surface area contributed by atoms with Crippen molar-refractivity contribution in [1.29, 1.82) is 0 Å².